The van der Waals surface area contributed by atoms with Crippen LogP contribution in [0.2, 0.25) is 0 Å². The van der Waals surface area contributed by atoms with Gasteiger partial charge in [-0.2, -0.15) is 55.0 Å². The van der Waals surface area contributed by atoms with Crippen molar-refractivity contribution in [1.82, 2.24) is 9.80 Å². The summed E-state index contributed by atoms with van der Waals surface area (Å²) in [6.07, 6.45) is 0. The largest absolute Gasteiger partial charge is 0.500 e. The van der Waals surface area contributed by atoms with Crippen LogP contribution in [0.15, 0.2) is 158 Å². The standard InChI is InChI=1S/C46H32N6.Pd/c1-48-40-25-15-27-42(31-40)52-34-50(44(37-19-8-3-9-20-37)46(52)39-23-12-5-13-24-39)29-28-49-33-51(41-26-14-16-35(30-41)32-47)45(38-21-10-4-11-22-38)43(49)36-17-6-2-7-18-36;/h2-25,30-31,33-34H,28-29H2;/q-4;. The predicted octanol–water partition coefficient (Wildman–Crippen LogP) is 9.94. The van der Waals surface area contributed by atoms with Crippen molar-refractivity contribution in [1.29, 1.82) is 5.26 Å². The van der Waals surface area contributed by atoms with E-state index in [1.165, 1.54) is 0 Å². The number of hydrogen-bond acceptors (Lipinski definition) is 5. The Bertz CT molecular complexity index is 2180. The molecule has 0 bridgehead atoms. The summed E-state index contributed by atoms with van der Waals surface area (Å²) in [6.45, 7) is 13.2. The molecule has 0 radical (unpaired) electrons. The monoisotopic (exact) mass is 774 g/mol. The SMILES string of the molecule is [C-]#[N+]c1cc[c-]c(N2[CH-]N(CCN3[CH-]N(c4[c-]ccc(C#N)c4)C(c4ccccc4)=C3c3ccccc3)C(c3ccccc3)=C2c2ccccc2)c1.[Pd]. The summed E-state index contributed by atoms with van der Waals surface area (Å²) >= 11 is 0. The Morgan fingerprint density at radius 1 is 0.547 bits per heavy atom. The van der Waals surface area contributed by atoms with E-state index in [1.807, 2.05) is 48.5 Å². The first kappa shape index (κ1) is 35.1. The van der Waals surface area contributed by atoms with Crippen LogP contribution in [-0.2, 0) is 20.4 Å². The zero-order valence-electron chi connectivity index (χ0n) is 28.6. The number of nitriles is 1. The van der Waals surface area contributed by atoms with Crippen LogP contribution >= 0.6 is 0 Å². The van der Waals surface area contributed by atoms with Gasteiger partial charge in [-0.1, -0.05) is 127 Å². The maximum Gasteiger partial charge on any atom is 0.0899 e. The molecule has 0 spiro atoms. The van der Waals surface area contributed by atoms with Gasteiger partial charge in [-0.3, -0.25) is 4.85 Å². The van der Waals surface area contributed by atoms with Gasteiger partial charge in [-0.05, 0) is 22.3 Å². The third-order valence-corrected chi connectivity index (χ3v) is 9.12. The topological polar surface area (TPSA) is 41.1 Å². The van der Waals surface area contributed by atoms with Crippen molar-refractivity contribution in [3.05, 3.63) is 222 Å². The van der Waals surface area contributed by atoms with Gasteiger partial charge in [-0.25, -0.2) is 0 Å². The molecule has 53 heavy (non-hydrogen) atoms. The maximum atomic E-state index is 9.78. The van der Waals surface area contributed by atoms with Gasteiger partial charge in [0.05, 0.1) is 18.3 Å². The molecule has 7 heteroatoms. The number of anilines is 2. The fraction of sp³-hybridized carbons (Fsp3) is 0.0435. The summed E-state index contributed by atoms with van der Waals surface area (Å²) in [5.74, 6) is 0. The Morgan fingerprint density at radius 3 is 1.36 bits per heavy atom. The molecule has 0 saturated heterocycles. The Labute approximate surface area is 325 Å². The third kappa shape index (κ3) is 7.10. The Balaban J connectivity index is 0.00000435. The van der Waals surface area contributed by atoms with E-state index in [0.29, 0.717) is 24.3 Å². The molecule has 8 rings (SSSR count). The van der Waals surface area contributed by atoms with E-state index in [0.717, 1.165) is 56.4 Å². The van der Waals surface area contributed by atoms with Crippen LogP contribution < -0.4 is 9.80 Å². The van der Waals surface area contributed by atoms with Crippen molar-refractivity contribution >= 4 is 39.9 Å². The molecule has 0 aliphatic carbocycles. The predicted molar refractivity (Wildman–Crippen MR) is 208 cm³/mol. The fourth-order valence-electron chi connectivity index (χ4n) is 6.78. The molecule has 6 nitrogen and oxygen atoms in total. The van der Waals surface area contributed by atoms with E-state index in [-0.39, 0.29) is 20.4 Å². The van der Waals surface area contributed by atoms with E-state index in [1.54, 1.807) is 12.1 Å². The van der Waals surface area contributed by atoms with E-state index < -0.39 is 0 Å². The molecule has 2 heterocycles. The van der Waals surface area contributed by atoms with E-state index in [4.69, 9.17) is 6.57 Å². The second-order valence-electron chi connectivity index (χ2n) is 12.3. The van der Waals surface area contributed by atoms with Crippen LogP contribution in [0.1, 0.15) is 27.8 Å². The zero-order valence-corrected chi connectivity index (χ0v) is 30.1. The van der Waals surface area contributed by atoms with Crippen molar-refractivity contribution in [3.8, 4) is 6.07 Å². The molecule has 0 N–H and O–H groups in total. The molecule has 0 saturated carbocycles. The molecule has 2 aliphatic rings. The van der Waals surface area contributed by atoms with Crippen molar-refractivity contribution in [2.45, 2.75) is 0 Å². The third-order valence-electron chi connectivity index (χ3n) is 9.12. The molecule has 0 amide bonds. The maximum absolute atomic E-state index is 9.78. The van der Waals surface area contributed by atoms with Crippen molar-refractivity contribution < 1.29 is 20.4 Å². The molecule has 6 aromatic rings. The van der Waals surface area contributed by atoms with E-state index in [2.05, 4.69) is 153 Å². The van der Waals surface area contributed by atoms with Gasteiger partial charge in [0.2, 0.25) is 0 Å². The average molecular weight is 775 g/mol. The smallest absolute Gasteiger partial charge is 0.0899 e. The van der Waals surface area contributed by atoms with Gasteiger partial charge >= 0.3 is 0 Å². The minimum absolute atomic E-state index is 0. The normalized spacial score (nSPS) is 13.9. The first-order chi connectivity index (χ1) is 25.7. The molecule has 0 fully saturated rings. The van der Waals surface area contributed by atoms with Gasteiger partial charge in [0.1, 0.15) is 0 Å². The van der Waals surface area contributed by atoms with Gasteiger partial charge in [0, 0.05) is 56.3 Å². The van der Waals surface area contributed by atoms with Gasteiger partial charge < -0.3 is 19.6 Å². The van der Waals surface area contributed by atoms with Crippen LogP contribution in [0.25, 0.3) is 27.6 Å². The quantitative estimate of drug-likeness (QED) is 0.108. The Kier molecular flexibility index (Phi) is 10.5. The Hall–Kier alpha value is -6.36. The number of hydrogen-bond donors (Lipinski definition) is 0. The first-order valence-corrected chi connectivity index (χ1v) is 17.0. The number of nitrogens with zero attached hydrogens (tertiary/aromatic N) is 6. The number of rotatable bonds is 9. The van der Waals surface area contributed by atoms with Gasteiger partial charge in [-0.15, -0.1) is 23.5 Å². The number of benzene rings is 6. The first-order valence-electron chi connectivity index (χ1n) is 17.0. The molecule has 0 atom stereocenters. The summed E-state index contributed by atoms with van der Waals surface area (Å²) < 4.78 is 0. The molecule has 0 aromatic heterocycles. The summed E-state index contributed by atoms with van der Waals surface area (Å²) in [7, 11) is 0. The molecule has 2 aliphatic heterocycles. The van der Waals surface area contributed by atoms with Gasteiger partial charge in [0.15, 0.2) is 0 Å². The summed E-state index contributed by atoms with van der Waals surface area (Å²) in [5, 5.41) is 9.78. The summed E-state index contributed by atoms with van der Waals surface area (Å²) in [5.41, 5.74) is 11.2. The van der Waals surface area contributed by atoms with Crippen LogP contribution in [0, 0.1) is 43.4 Å². The van der Waals surface area contributed by atoms with Gasteiger partial charge in [0.25, 0.3) is 0 Å². The second-order valence-corrected chi connectivity index (χ2v) is 12.3. The van der Waals surface area contributed by atoms with E-state index >= 15 is 0 Å². The fourth-order valence-corrected chi connectivity index (χ4v) is 6.78. The van der Waals surface area contributed by atoms with Crippen molar-refractivity contribution in [2.75, 3.05) is 22.9 Å². The Morgan fingerprint density at radius 2 is 0.943 bits per heavy atom. The van der Waals surface area contributed by atoms with Crippen molar-refractivity contribution in [2.24, 2.45) is 0 Å². The summed E-state index contributed by atoms with van der Waals surface area (Å²) in [6, 6.07) is 61.7. The average Bonchev–Trinajstić information content (AvgIpc) is 3.81. The molecular formula is C46H32N6Pd-4. The van der Waals surface area contributed by atoms with Crippen LogP contribution in [0.5, 0.6) is 0 Å². The zero-order chi connectivity index (χ0) is 35.3. The van der Waals surface area contributed by atoms with Crippen LogP contribution in [-0.4, -0.2) is 22.9 Å². The molecule has 0 unspecified atom stereocenters. The molecule has 6 aromatic carbocycles. The second kappa shape index (κ2) is 15.9. The van der Waals surface area contributed by atoms with Crippen LogP contribution in [0.3, 0.4) is 0 Å². The van der Waals surface area contributed by atoms with E-state index in [9.17, 15) is 5.26 Å². The van der Waals surface area contributed by atoms with Crippen molar-refractivity contribution in [3.63, 3.8) is 0 Å². The molecule has 260 valence electrons. The molecular weight excluding hydrogens is 743 g/mol. The summed E-state index contributed by atoms with van der Waals surface area (Å²) in [4.78, 5) is 12.6. The minimum atomic E-state index is 0. The minimum Gasteiger partial charge on any atom is -0.500 e. The van der Waals surface area contributed by atoms with Crippen LogP contribution in [0.4, 0.5) is 17.1 Å².